The Morgan fingerprint density at radius 3 is 2.55 bits per heavy atom. The topological polar surface area (TPSA) is 160 Å². The SMILES string of the molecule is Cc1c(Cl)c2c(Cl)c3c4cc(F)ccc4c4sc5ncnc(c5c4c13)O[C@@H](C(=O)O)Cc1cc(ccc1OCc1ccnc(C3CCC(OC[C@@H]4COCCO4)CC3)n1)OC[C@@H](CN1CCN(C)CC1)O2. The highest BCUT2D eigenvalue weighted by atomic mass is 35.5. The molecule has 1 N–H and O–H groups in total. The Morgan fingerprint density at radius 1 is 0.901 bits per heavy atom. The van der Waals surface area contributed by atoms with Crippen molar-refractivity contribution in [1.29, 1.82) is 0 Å². The third kappa shape index (κ3) is 9.99. The molecule has 372 valence electrons. The van der Waals surface area contributed by atoms with Gasteiger partial charge in [-0.1, -0.05) is 29.3 Å². The second-order valence-corrected chi connectivity index (χ2v) is 20.6. The maximum Gasteiger partial charge on any atom is 0.345 e. The number of hydrogen-bond acceptors (Lipinski definition) is 15. The highest BCUT2D eigenvalue weighted by Crippen LogP contribution is 2.53. The number of likely N-dealkylation sites (N-methyl/N-ethyl adjacent to an activating group) is 1. The number of ether oxygens (including phenoxy) is 7. The van der Waals surface area contributed by atoms with E-state index in [9.17, 15) is 9.90 Å². The van der Waals surface area contributed by atoms with E-state index in [1.807, 2.05) is 13.0 Å². The van der Waals surface area contributed by atoms with E-state index in [0.29, 0.717) is 98.4 Å². The molecule has 0 unspecified atom stereocenters. The number of carboxylic acids is 1. The Labute approximate surface area is 423 Å². The van der Waals surface area contributed by atoms with Crippen LogP contribution in [0.4, 0.5) is 4.39 Å². The molecule has 12 rings (SSSR count). The molecule has 2 saturated heterocycles. The van der Waals surface area contributed by atoms with Gasteiger partial charge in [-0.15, -0.1) is 11.3 Å². The predicted octanol–water partition coefficient (Wildman–Crippen LogP) is 9.19. The van der Waals surface area contributed by atoms with Crippen LogP contribution in [0.3, 0.4) is 0 Å². The maximum atomic E-state index is 15.3. The second kappa shape index (κ2) is 20.7. The summed E-state index contributed by atoms with van der Waals surface area (Å²) in [4.78, 5) is 37.3. The van der Waals surface area contributed by atoms with E-state index in [2.05, 4.69) is 31.8 Å². The first-order chi connectivity index (χ1) is 34.5. The van der Waals surface area contributed by atoms with E-state index in [4.69, 9.17) is 61.3 Å². The molecule has 3 atom stereocenters. The number of halogens is 3. The molecule has 0 spiro atoms. The summed E-state index contributed by atoms with van der Waals surface area (Å²) in [5, 5.41) is 15.0. The van der Waals surface area contributed by atoms with Crippen LogP contribution < -0.4 is 18.9 Å². The number of thiophene rings is 1. The summed E-state index contributed by atoms with van der Waals surface area (Å²) in [7, 11) is 2.10. The maximum absolute atomic E-state index is 15.3. The molecular weight excluding hydrogens is 975 g/mol. The molecule has 1 saturated carbocycles. The molecule has 15 nitrogen and oxygen atoms in total. The number of hydrogen-bond donors (Lipinski definition) is 1. The lowest BCUT2D eigenvalue weighted by molar-refractivity contribution is -0.145. The van der Waals surface area contributed by atoms with Crippen LogP contribution in [0.5, 0.6) is 23.1 Å². The van der Waals surface area contributed by atoms with Crippen LogP contribution in [0.1, 0.15) is 54.2 Å². The largest absolute Gasteiger partial charge is 0.490 e. The number of fused-ring (bicyclic) bond motifs is 8. The lowest BCUT2D eigenvalue weighted by Crippen LogP contribution is -2.49. The average molecular weight is 1030 g/mol. The molecule has 71 heavy (non-hydrogen) atoms. The van der Waals surface area contributed by atoms with Crippen molar-refractivity contribution in [3.63, 3.8) is 0 Å². The lowest BCUT2D eigenvalue weighted by atomic mass is 9.86. The number of aliphatic carboxylic acids is 1. The Bertz CT molecular complexity index is 3130. The van der Waals surface area contributed by atoms with E-state index < -0.39 is 24.0 Å². The zero-order valence-corrected chi connectivity index (χ0v) is 41.7. The van der Waals surface area contributed by atoms with Crippen molar-refractivity contribution in [3.8, 4) is 23.1 Å². The molecule has 3 aromatic heterocycles. The molecule has 6 bridgehead atoms. The van der Waals surface area contributed by atoms with Gasteiger partial charge in [-0.3, -0.25) is 4.90 Å². The molecule has 7 aromatic rings. The number of nitrogens with zero attached hydrogens (tertiary/aromatic N) is 6. The van der Waals surface area contributed by atoms with Crippen molar-refractivity contribution >= 4 is 82.4 Å². The summed E-state index contributed by atoms with van der Waals surface area (Å²) < 4.78 is 60.0. The highest BCUT2D eigenvalue weighted by molar-refractivity contribution is 7.26. The van der Waals surface area contributed by atoms with Crippen LogP contribution in [-0.2, 0) is 32.0 Å². The highest BCUT2D eigenvalue weighted by Gasteiger charge is 2.32. The van der Waals surface area contributed by atoms with Crippen LogP contribution in [0, 0.1) is 12.7 Å². The first kappa shape index (κ1) is 48.1. The van der Waals surface area contributed by atoms with E-state index in [1.54, 1.807) is 30.5 Å². The van der Waals surface area contributed by atoms with Gasteiger partial charge in [0.15, 0.2) is 5.75 Å². The zero-order valence-electron chi connectivity index (χ0n) is 39.3. The lowest BCUT2D eigenvalue weighted by Gasteiger charge is -2.35. The summed E-state index contributed by atoms with van der Waals surface area (Å²) in [6, 6.07) is 11.7. The third-order valence-electron chi connectivity index (χ3n) is 14.1. The Kier molecular flexibility index (Phi) is 14.0. The number of piperazine rings is 1. The van der Waals surface area contributed by atoms with Gasteiger partial charge in [0.2, 0.25) is 12.0 Å². The summed E-state index contributed by atoms with van der Waals surface area (Å²) in [5.41, 5.74) is 1.84. The molecule has 7 heterocycles. The van der Waals surface area contributed by atoms with Crippen molar-refractivity contribution < 1.29 is 47.4 Å². The van der Waals surface area contributed by atoms with Gasteiger partial charge >= 0.3 is 5.97 Å². The fourth-order valence-corrected chi connectivity index (χ4v) is 12.1. The zero-order chi connectivity index (χ0) is 48.8. The molecule has 0 amide bonds. The smallest absolute Gasteiger partial charge is 0.345 e. The van der Waals surface area contributed by atoms with Gasteiger partial charge in [-0.25, -0.2) is 29.1 Å². The van der Waals surface area contributed by atoms with Gasteiger partial charge in [0, 0.05) is 77.7 Å². The van der Waals surface area contributed by atoms with Gasteiger partial charge in [0.05, 0.1) is 53.7 Å². The number of carbonyl (C=O) groups is 1. The summed E-state index contributed by atoms with van der Waals surface area (Å²) in [6.45, 7) is 8.25. The van der Waals surface area contributed by atoms with Crippen molar-refractivity contribution in [1.82, 2.24) is 29.7 Å². The predicted molar refractivity (Wildman–Crippen MR) is 269 cm³/mol. The number of rotatable bonds is 10. The van der Waals surface area contributed by atoms with Crippen molar-refractivity contribution in [2.45, 2.75) is 76.0 Å². The van der Waals surface area contributed by atoms with E-state index in [0.717, 1.165) is 62.4 Å². The van der Waals surface area contributed by atoms with Crippen molar-refractivity contribution in [3.05, 3.63) is 93.5 Å². The minimum atomic E-state index is -1.45. The Hall–Kier alpha value is -5.24. The van der Waals surface area contributed by atoms with E-state index in [-0.39, 0.29) is 59.4 Å². The molecule has 5 aliphatic rings. The Balaban J connectivity index is 0.940. The van der Waals surface area contributed by atoms with Crippen LogP contribution >= 0.6 is 34.5 Å². The first-order valence-corrected chi connectivity index (χ1v) is 25.7. The average Bonchev–Trinajstić information content (AvgIpc) is 3.78. The fourth-order valence-electron chi connectivity index (χ4n) is 10.3. The van der Waals surface area contributed by atoms with Crippen LogP contribution in [0.15, 0.2) is 55.0 Å². The van der Waals surface area contributed by atoms with Crippen molar-refractivity contribution in [2.75, 3.05) is 72.8 Å². The second-order valence-electron chi connectivity index (χ2n) is 18.8. The first-order valence-electron chi connectivity index (χ1n) is 24.1. The molecule has 1 aliphatic carbocycles. The third-order valence-corrected chi connectivity index (χ3v) is 16.0. The standard InChI is InChI=1S/C52H53Cl2FN6O9S/c1-28-41-42-38-21-31(55)5-9-37(38)48-43(41)44-50(57-27-58-51(44)71-48)70-40(52(62)63)20-30-19-34(67-25-35(69-47(45(28)53)46(42)54)22-61-15-13-60(2)14-16-61)8-10-39(30)68-23-32-11-12-56-49(59-32)29-3-6-33(7-4-29)66-26-36-24-64-17-18-65-36/h5,8-12,19,21,27,29,33,35-36,40H,3-4,6-7,13-18,20,22-26H2,1-2H3,(H,62,63)/t29?,33?,35-,36+,40-/m1/s1. The van der Waals surface area contributed by atoms with Crippen LogP contribution in [-0.4, -0.2) is 138 Å². The van der Waals surface area contributed by atoms with Gasteiger partial charge in [-0.2, -0.15) is 0 Å². The molecule has 4 aliphatic heterocycles. The number of aryl methyl sites for hydroxylation is 1. The van der Waals surface area contributed by atoms with Gasteiger partial charge in [0.1, 0.15) is 59.7 Å². The molecule has 0 radical (unpaired) electrons. The van der Waals surface area contributed by atoms with Crippen LogP contribution in [0.2, 0.25) is 10.0 Å². The minimum Gasteiger partial charge on any atom is -0.490 e. The summed E-state index contributed by atoms with van der Waals surface area (Å²) in [5.74, 6) is 0.471. The minimum absolute atomic E-state index is 0.0243. The quantitative estimate of drug-likeness (QED) is 0.129. The van der Waals surface area contributed by atoms with E-state index >= 15 is 4.39 Å². The fraction of sp³-hybridized carbons (Fsp3) is 0.442. The van der Waals surface area contributed by atoms with Gasteiger partial charge < -0.3 is 43.2 Å². The van der Waals surface area contributed by atoms with E-state index in [1.165, 1.54) is 29.8 Å². The number of carboxylic acid groups (broad SMARTS) is 1. The summed E-state index contributed by atoms with van der Waals surface area (Å²) >= 11 is 16.2. The molecule has 4 aromatic carbocycles. The molecule has 3 fully saturated rings. The molecule has 19 heteroatoms. The summed E-state index contributed by atoms with van der Waals surface area (Å²) in [6.07, 6.45) is 4.67. The van der Waals surface area contributed by atoms with Crippen LogP contribution in [0.25, 0.3) is 41.8 Å². The van der Waals surface area contributed by atoms with Gasteiger partial charge in [-0.05, 0) is 92.4 Å². The molecular formula is C52H53Cl2FN6O9S. The normalized spacial score (nSPS) is 22.6. The Morgan fingerprint density at radius 2 is 1.75 bits per heavy atom. The van der Waals surface area contributed by atoms with Crippen molar-refractivity contribution in [2.24, 2.45) is 0 Å². The number of aromatic nitrogens is 4. The number of benzene rings is 4. The van der Waals surface area contributed by atoms with Gasteiger partial charge in [0.25, 0.3) is 0 Å². The monoisotopic (exact) mass is 1030 g/mol.